The Bertz CT molecular complexity index is 659. The molecular formula is C17H19N3O3. The van der Waals surface area contributed by atoms with Gasteiger partial charge in [-0.15, -0.1) is 0 Å². The lowest BCUT2D eigenvalue weighted by molar-refractivity contribution is 0.0949. The highest BCUT2D eigenvalue weighted by Gasteiger charge is 2.13. The van der Waals surface area contributed by atoms with E-state index in [-0.39, 0.29) is 11.8 Å². The first-order valence-electron chi connectivity index (χ1n) is 7.30. The van der Waals surface area contributed by atoms with Crippen LogP contribution in [0.3, 0.4) is 0 Å². The van der Waals surface area contributed by atoms with E-state index < -0.39 is 0 Å². The summed E-state index contributed by atoms with van der Waals surface area (Å²) in [7, 11) is 1.62. The summed E-state index contributed by atoms with van der Waals surface area (Å²) in [5, 5.41) is 5.55. The highest BCUT2D eigenvalue weighted by molar-refractivity contribution is 6.08. The number of nitrogens with zero attached hydrogens (tertiary/aromatic N) is 1. The van der Waals surface area contributed by atoms with Crippen molar-refractivity contribution in [3.8, 4) is 0 Å². The molecule has 0 radical (unpaired) electrons. The number of amides is 2. The molecule has 0 saturated carbocycles. The zero-order valence-corrected chi connectivity index (χ0v) is 12.9. The summed E-state index contributed by atoms with van der Waals surface area (Å²) in [4.78, 5) is 28.3. The summed E-state index contributed by atoms with van der Waals surface area (Å²) in [6.07, 6.45) is 3.80. The molecule has 6 heteroatoms. The van der Waals surface area contributed by atoms with Gasteiger partial charge in [0.05, 0.1) is 16.8 Å². The molecule has 1 aromatic heterocycles. The molecule has 1 aromatic carbocycles. The molecule has 0 aliphatic rings. The zero-order valence-electron chi connectivity index (χ0n) is 12.9. The van der Waals surface area contributed by atoms with Crippen LogP contribution in [0.2, 0.25) is 0 Å². The molecule has 2 N–H and O–H groups in total. The van der Waals surface area contributed by atoms with Crippen molar-refractivity contribution >= 4 is 17.5 Å². The van der Waals surface area contributed by atoms with Gasteiger partial charge in [0.1, 0.15) is 0 Å². The van der Waals surface area contributed by atoms with E-state index in [4.69, 9.17) is 4.74 Å². The van der Waals surface area contributed by atoms with Gasteiger partial charge in [-0.1, -0.05) is 12.1 Å². The third kappa shape index (κ3) is 4.89. The van der Waals surface area contributed by atoms with Crippen molar-refractivity contribution in [3.05, 3.63) is 59.9 Å². The standard InChI is InChI=1S/C17H19N3O3/c1-23-11-5-10-19-17(22)14-7-2-3-8-15(14)20-16(21)13-6-4-9-18-12-13/h2-4,6-9,12H,5,10-11H2,1H3,(H,19,22)(H,20,21). The van der Waals surface area contributed by atoms with E-state index in [0.717, 1.165) is 6.42 Å². The molecule has 120 valence electrons. The second-order valence-corrected chi connectivity index (χ2v) is 4.84. The molecule has 1 heterocycles. The molecule has 23 heavy (non-hydrogen) atoms. The van der Waals surface area contributed by atoms with Crippen LogP contribution in [0.5, 0.6) is 0 Å². The van der Waals surface area contributed by atoms with Crippen LogP contribution in [0.25, 0.3) is 0 Å². The van der Waals surface area contributed by atoms with E-state index in [9.17, 15) is 9.59 Å². The first kappa shape index (κ1) is 16.6. The van der Waals surface area contributed by atoms with Crippen LogP contribution in [0.1, 0.15) is 27.1 Å². The van der Waals surface area contributed by atoms with E-state index in [1.807, 2.05) is 0 Å². The second-order valence-electron chi connectivity index (χ2n) is 4.84. The van der Waals surface area contributed by atoms with Crippen molar-refractivity contribution in [1.29, 1.82) is 0 Å². The maximum Gasteiger partial charge on any atom is 0.257 e. The molecule has 2 amide bonds. The smallest absolute Gasteiger partial charge is 0.257 e. The van der Waals surface area contributed by atoms with Crippen LogP contribution < -0.4 is 10.6 Å². The van der Waals surface area contributed by atoms with Gasteiger partial charge in [-0.2, -0.15) is 0 Å². The number of aromatic nitrogens is 1. The molecule has 2 rings (SSSR count). The highest BCUT2D eigenvalue weighted by Crippen LogP contribution is 2.16. The number of benzene rings is 1. The van der Waals surface area contributed by atoms with Gasteiger partial charge >= 0.3 is 0 Å². The average molecular weight is 313 g/mol. The third-order valence-corrected chi connectivity index (χ3v) is 3.15. The first-order valence-corrected chi connectivity index (χ1v) is 7.30. The van der Waals surface area contributed by atoms with Crippen LogP contribution in [0.15, 0.2) is 48.8 Å². The summed E-state index contributed by atoms with van der Waals surface area (Å²) in [5.41, 5.74) is 1.32. The van der Waals surface area contributed by atoms with Crippen LogP contribution in [-0.4, -0.2) is 37.1 Å². The zero-order chi connectivity index (χ0) is 16.5. The number of anilines is 1. The van der Waals surface area contributed by atoms with E-state index >= 15 is 0 Å². The minimum Gasteiger partial charge on any atom is -0.385 e. The van der Waals surface area contributed by atoms with Crippen molar-refractivity contribution in [2.24, 2.45) is 0 Å². The van der Waals surface area contributed by atoms with E-state index in [1.54, 1.807) is 49.7 Å². The Balaban J connectivity index is 2.05. The Hall–Kier alpha value is -2.73. The number of hydrogen-bond acceptors (Lipinski definition) is 4. The van der Waals surface area contributed by atoms with Gasteiger partial charge in [0.15, 0.2) is 0 Å². The van der Waals surface area contributed by atoms with Crippen LogP contribution in [-0.2, 0) is 4.74 Å². The SMILES string of the molecule is COCCCNC(=O)c1ccccc1NC(=O)c1cccnc1. The van der Waals surface area contributed by atoms with Crippen LogP contribution in [0.4, 0.5) is 5.69 Å². The number of carbonyl (C=O) groups is 2. The number of para-hydroxylation sites is 1. The Morgan fingerprint density at radius 3 is 2.70 bits per heavy atom. The number of nitrogens with one attached hydrogen (secondary N) is 2. The fourth-order valence-corrected chi connectivity index (χ4v) is 2.00. The minimum absolute atomic E-state index is 0.233. The Labute approximate surface area is 134 Å². The molecule has 2 aromatic rings. The van der Waals surface area contributed by atoms with Crippen molar-refractivity contribution in [2.75, 3.05) is 25.6 Å². The molecular weight excluding hydrogens is 294 g/mol. The predicted octanol–water partition coefficient (Wildman–Crippen LogP) is 2.10. The molecule has 0 bridgehead atoms. The molecule has 0 fully saturated rings. The largest absolute Gasteiger partial charge is 0.385 e. The average Bonchev–Trinajstić information content (AvgIpc) is 2.60. The van der Waals surface area contributed by atoms with Gasteiger partial charge in [-0.25, -0.2) is 0 Å². The predicted molar refractivity (Wildman–Crippen MR) is 87.5 cm³/mol. The second kappa shape index (κ2) is 8.65. The number of rotatable bonds is 7. The fourth-order valence-electron chi connectivity index (χ4n) is 2.00. The molecule has 0 aliphatic carbocycles. The molecule has 0 atom stereocenters. The van der Waals surface area contributed by atoms with Crippen LogP contribution >= 0.6 is 0 Å². The summed E-state index contributed by atoms with van der Waals surface area (Å²) in [6.45, 7) is 1.09. The van der Waals surface area contributed by atoms with Crippen molar-refractivity contribution in [2.45, 2.75) is 6.42 Å². The lowest BCUT2D eigenvalue weighted by Gasteiger charge is -2.11. The number of ether oxygens (including phenoxy) is 1. The van der Waals surface area contributed by atoms with Gasteiger partial charge in [0.2, 0.25) is 0 Å². The van der Waals surface area contributed by atoms with Gasteiger partial charge in [0, 0.05) is 32.7 Å². The summed E-state index contributed by atoms with van der Waals surface area (Å²) in [6, 6.07) is 10.2. The van der Waals surface area contributed by atoms with Crippen LogP contribution in [0, 0.1) is 0 Å². The van der Waals surface area contributed by atoms with E-state index in [0.29, 0.717) is 30.0 Å². The van der Waals surface area contributed by atoms with Gasteiger partial charge < -0.3 is 15.4 Å². The lowest BCUT2D eigenvalue weighted by Crippen LogP contribution is -2.26. The molecule has 0 unspecified atom stereocenters. The minimum atomic E-state index is -0.308. The summed E-state index contributed by atoms with van der Waals surface area (Å²) < 4.78 is 4.94. The Morgan fingerprint density at radius 2 is 1.96 bits per heavy atom. The van der Waals surface area contributed by atoms with Crippen molar-refractivity contribution in [1.82, 2.24) is 10.3 Å². The number of hydrogen-bond donors (Lipinski definition) is 2. The maximum atomic E-state index is 12.2. The van der Waals surface area contributed by atoms with Gasteiger partial charge in [-0.05, 0) is 30.7 Å². The summed E-state index contributed by atoms with van der Waals surface area (Å²) >= 11 is 0. The molecule has 0 saturated heterocycles. The lowest BCUT2D eigenvalue weighted by atomic mass is 10.1. The van der Waals surface area contributed by atoms with Crippen molar-refractivity contribution in [3.63, 3.8) is 0 Å². The first-order chi connectivity index (χ1) is 11.2. The third-order valence-electron chi connectivity index (χ3n) is 3.15. The van der Waals surface area contributed by atoms with Gasteiger partial charge in [-0.3, -0.25) is 14.6 Å². The van der Waals surface area contributed by atoms with E-state index in [1.165, 1.54) is 6.20 Å². The Morgan fingerprint density at radius 1 is 1.13 bits per heavy atom. The van der Waals surface area contributed by atoms with E-state index in [2.05, 4.69) is 15.6 Å². The van der Waals surface area contributed by atoms with Gasteiger partial charge in [0.25, 0.3) is 11.8 Å². The number of methoxy groups -OCH3 is 1. The highest BCUT2D eigenvalue weighted by atomic mass is 16.5. The quantitative estimate of drug-likeness (QED) is 0.767. The van der Waals surface area contributed by atoms with Crippen molar-refractivity contribution < 1.29 is 14.3 Å². The normalized spacial score (nSPS) is 10.1. The molecule has 0 spiro atoms. The monoisotopic (exact) mass is 313 g/mol. The fraction of sp³-hybridized carbons (Fsp3) is 0.235. The summed E-state index contributed by atoms with van der Waals surface area (Å²) in [5.74, 6) is -0.541. The number of pyridine rings is 1. The topological polar surface area (TPSA) is 80.3 Å². The Kier molecular flexibility index (Phi) is 6.26. The molecule has 6 nitrogen and oxygen atoms in total. The maximum absolute atomic E-state index is 12.2. The number of carbonyl (C=O) groups excluding carboxylic acids is 2. The molecule has 0 aliphatic heterocycles.